The van der Waals surface area contributed by atoms with Gasteiger partial charge in [-0.25, -0.2) is 24.1 Å². The van der Waals surface area contributed by atoms with Crippen molar-refractivity contribution in [3.63, 3.8) is 0 Å². The van der Waals surface area contributed by atoms with Gasteiger partial charge in [-0.05, 0) is 32.0 Å². The van der Waals surface area contributed by atoms with Gasteiger partial charge in [-0.1, -0.05) is 12.2 Å². The van der Waals surface area contributed by atoms with Crippen molar-refractivity contribution in [1.29, 1.82) is 0 Å². The number of hydrogen-bond donors (Lipinski definition) is 3. The van der Waals surface area contributed by atoms with Crippen molar-refractivity contribution in [3.05, 3.63) is 24.0 Å². The number of nitrogens with zero attached hydrogens (tertiary/aromatic N) is 1. The molecule has 2 rings (SSSR count). The Morgan fingerprint density at radius 1 is 1.44 bits per heavy atom. The van der Waals surface area contributed by atoms with Gasteiger partial charge in [0, 0.05) is 0 Å². The second-order valence-corrected chi connectivity index (χ2v) is 6.13. The molecule has 3 N–H and O–H groups in total. The standard InChI is InChI=1S/C16H19FN4O5S/c1-3-25-15(23)20-14(22)19-13-5-4-10(6-12(13)17)21-8-11(26-16(21)24)7-18-9(2)27/h4-6,11H,3,7-8H2,1-2H3,(H,18,27)(H2,19,20,22,23)/t11-/m0/s1. The van der Waals surface area contributed by atoms with E-state index in [1.807, 2.05) is 5.32 Å². The van der Waals surface area contributed by atoms with Gasteiger partial charge < -0.3 is 20.1 Å². The van der Waals surface area contributed by atoms with Crippen LogP contribution < -0.4 is 20.9 Å². The molecule has 1 atom stereocenters. The van der Waals surface area contributed by atoms with Crippen LogP contribution in [0.3, 0.4) is 0 Å². The quantitative estimate of drug-likeness (QED) is 0.653. The average Bonchev–Trinajstić information content (AvgIpc) is 2.96. The molecule has 1 aromatic carbocycles. The number of cyclic esters (lactones) is 1. The zero-order valence-corrected chi connectivity index (χ0v) is 15.5. The normalized spacial score (nSPS) is 15.7. The lowest BCUT2D eigenvalue weighted by Crippen LogP contribution is -2.35. The molecule has 146 valence electrons. The Kier molecular flexibility index (Phi) is 6.88. The lowest BCUT2D eigenvalue weighted by atomic mass is 10.2. The number of carbonyl (C=O) groups is 3. The van der Waals surface area contributed by atoms with Crippen molar-refractivity contribution in [3.8, 4) is 0 Å². The van der Waals surface area contributed by atoms with Crippen LogP contribution in [0.25, 0.3) is 0 Å². The van der Waals surface area contributed by atoms with Crippen LogP contribution in [0.15, 0.2) is 18.2 Å². The first kappa shape index (κ1) is 20.4. The van der Waals surface area contributed by atoms with Gasteiger partial charge in [0.25, 0.3) is 0 Å². The fraction of sp³-hybridized carbons (Fsp3) is 0.375. The number of thiocarbonyl (C=S) groups is 1. The third kappa shape index (κ3) is 5.78. The predicted octanol–water partition coefficient (Wildman–Crippen LogP) is 2.37. The summed E-state index contributed by atoms with van der Waals surface area (Å²) in [6.07, 6.45) is -1.98. The smallest absolute Gasteiger partial charge is 0.415 e. The topological polar surface area (TPSA) is 109 Å². The number of benzene rings is 1. The van der Waals surface area contributed by atoms with Crippen LogP contribution in [-0.2, 0) is 9.47 Å². The molecule has 1 aliphatic heterocycles. The number of urea groups is 1. The maximum Gasteiger partial charge on any atom is 0.415 e. The van der Waals surface area contributed by atoms with Gasteiger partial charge in [-0.2, -0.15) is 0 Å². The summed E-state index contributed by atoms with van der Waals surface area (Å²) in [5, 5.41) is 6.98. The Labute approximate surface area is 160 Å². The number of nitrogens with one attached hydrogen (secondary N) is 3. The predicted molar refractivity (Wildman–Crippen MR) is 99.5 cm³/mol. The fourth-order valence-corrected chi connectivity index (χ4v) is 2.37. The first-order valence-corrected chi connectivity index (χ1v) is 8.47. The van der Waals surface area contributed by atoms with E-state index < -0.39 is 30.1 Å². The van der Waals surface area contributed by atoms with E-state index in [1.165, 1.54) is 17.0 Å². The summed E-state index contributed by atoms with van der Waals surface area (Å²) in [6.45, 7) is 3.96. The number of carbonyl (C=O) groups excluding carboxylic acids is 3. The minimum Gasteiger partial charge on any atom is -0.450 e. The molecule has 0 bridgehead atoms. The highest BCUT2D eigenvalue weighted by Crippen LogP contribution is 2.25. The summed E-state index contributed by atoms with van der Waals surface area (Å²) in [4.78, 5) is 36.6. The van der Waals surface area contributed by atoms with Crippen LogP contribution >= 0.6 is 12.2 Å². The molecule has 0 spiro atoms. The number of anilines is 2. The van der Waals surface area contributed by atoms with E-state index in [1.54, 1.807) is 13.8 Å². The lowest BCUT2D eigenvalue weighted by molar-refractivity contribution is 0.143. The number of imide groups is 1. The minimum atomic E-state index is -0.946. The Bertz CT molecular complexity index is 760. The van der Waals surface area contributed by atoms with Crippen LogP contribution in [0, 0.1) is 5.82 Å². The summed E-state index contributed by atoms with van der Waals surface area (Å²) in [5.74, 6) is -0.782. The van der Waals surface area contributed by atoms with Crippen LogP contribution in [0.5, 0.6) is 0 Å². The molecule has 1 fully saturated rings. The van der Waals surface area contributed by atoms with E-state index in [2.05, 4.69) is 15.4 Å². The van der Waals surface area contributed by atoms with E-state index in [9.17, 15) is 18.8 Å². The monoisotopic (exact) mass is 398 g/mol. The van der Waals surface area contributed by atoms with E-state index in [-0.39, 0.29) is 24.5 Å². The van der Waals surface area contributed by atoms with Crippen molar-refractivity contribution < 1.29 is 28.2 Å². The lowest BCUT2D eigenvalue weighted by Gasteiger charge is -2.15. The molecule has 0 aliphatic carbocycles. The van der Waals surface area contributed by atoms with Gasteiger partial charge in [0.1, 0.15) is 11.9 Å². The van der Waals surface area contributed by atoms with Crippen LogP contribution in [0.2, 0.25) is 0 Å². The molecular weight excluding hydrogens is 379 g/mol. The van der Waals surface area contributed by atoms with Gasteiger partial charge in [-0.3, -0.25) is 4.90 Å². The maximum absolute atomic E-state index is 14.3. The van der Waals surface area contributed by atoms with Crippen molar-refractivity contribution >= 4 is 46.8 Å². The molecule has 1 aromatic rings. The van der Waals surface area contributed by atoms with E-state index >= 15 is 0 Å². The first-order chi connectivity index (χ1) is 12.8. The maximum atomic E-state index is 14.3. The molecule has 0 saturated carbocycles. The SMILES string of the molecule is CCOC(=O)NC(=O)Nc1ccc(N2C[C@H](CNC(C)=S)OC2=O)cc1F. The molecule has 4 amide bonds. The molecule has 9 nitrogen and oxygen atoms in total. The van der Waals surface area contributed by atoms with E-state index in [0.29, 0.717) is 11.5 Å². The number of hydrogen-bond acceptors (Lipinski definition) is 6. The summed E-state index contributed by atoms with van der Waals surface area (Å²) in [5.41, 5.74) is 0.109. The van der Waals surface area contributed by atoms with Crippen molar-refractivity contribution in [2.24, 2.45) is 0 Å². The van der Waals surface area contributed by atoms with Gasteiger partial charge >= 0.3 is 18.2 Å². The Morgan fingerprint density at radius 3 is 2.81 bits per heavy atom. The molecule has 0 unspecified atom stereocenters. The summed E-state index contributed by atoms with van der Waals surface area (Å²) in [6, 6.07) is 2.86. The molecule has 0 radical (unpaired) electrons. The van der Waals surface area contributed by atoms with Crippen LogP contribution in [-0.4, -0.2) is 49.0 Å². The summed E-state index contributed by atoms with van der Waals surface area (Å²) < 4.78 is 24.0. The minimum absolute atomic E-state index is 0.0919. The summed E-state index contributed by atoms with van der Waals surface area (Å²) >= 11 is 4.91. The van der Waals surface area contributed by atoms with E-state index in [4.69, 9.17) is 17.0 Å². The highest BCUT2D eigenvalue weighted by atomic mass is 32.1. The zero-order valence-electron chi connectivity index (χ0n) is 14.7. The average molecular weight is 398 g/mol. The zero-order chi connectivity index (χ0) is 20.0. The number of halogens is 1. The Balaban J connectivity index is 1.99. The molecule has 1 saturated heterocycles. The second kappa shape index (κ2) is 9.12. The van der Waals surface area contributed by atoms with Crippen molar-refractivity contribution in [2.45, 2.75) is 20.0 Å². The fourth-order valence-electron chi connectivity index (χ4n) is 2.28. The third-order valence-corrected chi connectivity index (χ3v) is 3.60. The van der Waals surface area contributed by atoms with E-state index in [0.717, 1.165) is 6.07 Å². The van der Waals surface area contributed by atoms with Crippen LogP contribution in [0.4, 0.5) is 30.1 Å². The van der Waals surface area contributed by atoms with Crippen molar-refractivity contribution in [2.75, 3.05) is 29.9 Å². The third-order valence-electron chi connectivity index (χ3n) is 3.46. The molecule has 1 heterocycles. The molecule has 27 heavy (non-hydrogen) atoms. The van der Waals surface area contributed by atoms with Crippen LogP contribution in [0.1, 0.15) is 13.8 Å². The molecule has 11 heteroatoms. The molecule has 0 aromatic heterocycles. The Hall–Kier alpha value is -2.95. The second-order valence-electron chi connectivity index (χ2n) is 5.52. The van der Waals surface area contributed by atoms with Gasteiger partial charge in [0.2, 0.25) is 0 Å². The molecular formula is C16H19FN4O5S. The number of amides is 4. The Morgan fingerprint density at radius 2 is 2.19 bits per heavy atom. The number of rotatable bonds is 5. The van der Waals surface area contributed by atoms with Gasteiger partial charge in [0.15, 0.2) is 0 Å². The highest BCUT2D eigenvalue weighted by Gasteiger charge is 2.32. The van der Waals surface area contributed by atoms with Crippen molar-refractivity contribution in [1.82, 2.24) is 10.6 Å². The highest BCUT2D eigenvalue weighted by molar-refractivity contribution is 7.80. The number of ether oxygens (including phenoxy) is 2. The largest absolute Gasteiger partial charge is 0.450 e. The molecule has 1 aliphatic rings. The summed E-state index contributed by atoms with van der Waals surface area (Å²) in [7, 11) is 0. The first-order valence-electron chi connectivity index (χ1n) is 8.07. The van der Waals surface area contributed by atoms with Gasteiger partial charge in [0.05, 0.1) is 36.1 Å². The number of alkyl carbamates (subject to hydrolysis) is 1. The van der Waals surface area contributed by atoms with Gasteiger partial charge in [-0.15, -0.1) is 0 Å².